The second-order valence-electron chi connectivity index (χ2n) is 0. The molecule has 142 heavy (non-hydrogen) atoms. The molecule has 0 atom stereocenters. The van der Waals surface area contributed by atoms with E-state index in [-0.39, 0.29) is 2550 Å². The van der Waals surface area contributed by atoms with E-state index >= 15 is 0 Å². The van der Waals surface area contributed by atoms with Gasteiger partial charge in [0.2, 0.25) is 0 Å². The van der Waals surface area contributed by atoms with Gasteiger partial charge in [0.25, 0.3) is 0 Å². The van der Waals surface area contributed by atoms with Gasteiger partial charge in [-0.2, -0.15) is 0 Å². The SMILES string of the molecule is [Al+3].[As-3].[As-3].[As-3].[As-3].[As-3].[As-3].[As-3].[As-3].[As-3].[As-3].[As-3].[As-3].[As-3].[As-3].[As-3].[As-3].[As-3].[As-3].[As-3].[As-3].[As-3].[As-3].[As-3].[As-3].[As-3].[As-3].[As-3].[As-3].[As-3].[As-3].[As-3].[As-3].[As-3].[As-3].[As-3].[As-3].[As-3].[As-3].[As-3].[As-3].[As-3].[As-3].[As-3].[As-3].[As-3].[As-3].[As-3].[As-3].[As-3].[As-3].[As-3].[As-3].[As-3].[As-3].[As-3].[As-3].[As-3].[As-3].[As-3].[As-3].[As-3].[As-3].[As-3].[As-3].[As-3].[As-3].[As-3].[As-3].[As-3].[As-3].[As-3].[As-3].[As-3].[As-3].[As-3].[As-3].[As-3].[As-3].[As-3].[As-3].[As-3].[As-3].[As-3].[As-3].[As-3].[As-3].[As-3].[As-3].[As-3].[As-3].[As-3].[As-3].[As-3].[As-3].[As-3].[As-3].[As-3].[As-3].[As-3].[As-3].[As-3].[As-3].[As-3].[As-3].[As-3].[As-3].[As-3].[As-3].[As-3].[As-3].[As-3].[As-3].[As-3].[As-3].[As-3].[As-3].[As-3].[As-3].[As-3].[As-3].[As-3].[As-3].[As-3].[As-3].[As-3].[As-3].[As-3].[As-3].[As-3].[As-3].[As-3].[As-3].[As-3].[As-3].[As-3].[As-3].[As-3].[As-3].[As-3].[As-3].[Ga]. The first-order chi connectivity index (χ1) is 0. The molecule has 0 saturated carbocycles. The molecule has 1123 valence electrons. The third kappa shape index (κ3) is 1660. The normalized spacial score (nSPS) is 0. The Bertz CT molecular complexity index is 17.2. The zero-order valence-corrected chi connectivity index (χ0v) is 330. The summed E-state index contributed by atoms with van der Waals surface area (Å²) in [5.74, 6) is 0. The van der Waals surface area contributed by atoms with Crippen LogP contribution < -0.4 is 0 Å². The Labute approximate surface area is 2480 Å². The summed E-state index contributed by atoms with van der Waals surface area (Å²) in [4.78, 5) is 0. The molecule has 0 aromatic carbocycles. The van der Waals surface area contributed by atoms with Crippen LogP contribution in [-0.4, -0.2) is 2550 Å². The summed E-state index contributed by atoms with van der Waals surface area (Å²) in [7, 11) is 0. The van der Waals surface area contributed by atoms with Gasteiger partial charge in [0, 0.05) is 19.8 Å². The molecule has 3 radical (unpaired) electrons. The largest absolute Gasteiger partial charge is 3.00 e. The fourth-order valence-corrected chi connectivity index (χ4v) is 0. The average molecular weight is 10600 g/mol. The molecule has 0 heterocycles. The number of hydrogen-bond donors (Lipinski definition) is 0. The zero-order valence-electron chi connectivity index (χ0n) is 63.8. The molecule has 0 saturated heterocycles. The van der Waals surface area contributed by atoms with Gasteiger partial charge < -0.3 is 2510 Å². The van der Waals surface area contributed by atoms with E-state index in [1.807, 2.05) is 0 Å². The van der Waals surface area contributed by atoms with E-state index in [0.29, 0.717) is 0 Å². The van der Waals surface area contributed by atoms with Crippen molar-refractivity contribution in [3.63, 3.8) is 0 Å². The summed E-state index contributed by atoms with van der Waals surface area (Å²) < 4.78 is 0. The quantitative estimate of drug-likeness (QED) is 0.212. The molecule has 0 aromatic rings. The van der Waals surface area contributed by atoms with E-state index in [1.54, 1.807) is 0 Å². The van der Waals surface area contributed by atoms with Crippen molar-refractivity contribution in [2.24, 2.45) is 0 Å². The molecule has 0 aliphatic heterocycles. The maximum absolute atomic E-state index is 0. The summed E-state index contributed by atoms with van der Waals surface area (Å²) in [6.45, 7) is 0. The minimum atomic E-state index is 0. The van der Waals surface area contributed by atoms with Gasteiger partial charge in [-0.05, 0) is 0 Å². The van der Waals surface area contributed by atoms with Crippen LogP contribution in [0.4, 0.5) is 0 Å². The Hall–Kier alpha value is 79.4. The molecular weight excluding hydrogens is 10600 g/mol. The zero-order chi connectivity index (χ0) is 0. The van der Waals surface area contributed by atoms with E-state index in [0.717, 1.165) is 0 Å². The Balaban J connectivity index is 0. The molecule has 0 fully saturated rings. The Morgan fingerprint density at radius 3 is 0.0211 bits per heavy atom. The van der Waals surface area contributed by atoms with Crippen LogP contribution in [-0.2, 0) is 0 Å². The third-order valence-corrected chi connectivity index (χ3v) is 0. The third-order valence-electron chi connectivity index (χ3n) is 0. The Morgan fingerprint density at radius 2 is 0.0211 bits per heavy atom. The summed E-state index contributed by atoms with van der Waals surface area (Å²) >= 11 is 0. The Kier molecular flexibility index (Phi) is 20200. The van der Waals surface area contributed by atoms with Crippen LogP contribution in [0.1, 0.15) is 0 Å². The fourth-order valence-electron chi connectivity index (χ4n) is 0. The molecule has 0 rings (SSSR count). The van der Waals surface area contributed by atoms with E-state index in [2.05, 4.69) is 0 Å². The molecule has 142 heteroatoms. The first-order valence-electron chi connectivity index (χ1n) is 0. The molecular formula is AlAs140Ga-417. The van der Waals surface area contributed by atoms with E-state index < -0.39 is 0 Å². The molecule has 0 aromatic heterocycles. The summed E-state index contributed by atoms with van der Waals surface area (Å²) in [5, 5.41) is 0. The van der Waals surface area contributed by atoms with E-state index in [1.165, 1.54) is 0 Å². The Morgan fingerprint density at radius 1 is 0.0211 bits per heavy atom. The van der Waals surface area contributed by atoms with Gasteiger partial charge in [0.1, 0.15) is 0 Å². The van der Waals surface area contributed by atoms with Crippen molar-refractivity contribution in [3.8, 4) is 0 Å². The summed E-state index contributed by atoms with van der Waals surface area (Å²) in [6, 6.07) is 0. The molecule has 0 spiro atoms. The predicted octanol–water partition coefficient (Wildman–Crippen LogP) is -54.1. The molecule has 0 amide bonds. The fraction of sp³-hybridized carbons (Fsp3) is 0. The van der Waals surface area contributed by atoms with Crippen molar-refractivity contribution in [2.75, 3.05) is 0 Å². The smallest absolute Gasteiger partial charge is 3.00 e. The van der Waals surface area contributed by atoms with Gasteiger partial charge >= 0.3 is 17.4 Å². The second-order valence-corrected chi connectivity index (χ2v) is 0. The number of rotatable bonds is 0. The predicted molar refractivity (Wildman–Crippen MR) is 817 cm³/mol. The van der Waals surface area contributed by atoms with Crippen LogP contribution in [0.5, 0.6) is 0 Å². The standard InChI is InChI=1S/Al.140As.Ga/q+3;140*-3;. The first kappa shape index (κ1) is 1710. The molecule has 0 aliphatic carbocycles. The minimum absolute atomic E-state index is 0. The summed E-state index contributed by atoms with van der Waals surface area (Å²) in [5.41, 5.74) is 0. The molecule has 0 bridgehead atoms. The molecule has 0 unspecified atom stereocenters. The van der Waals surface area contributed by atoms with Gasteiger partial charge in [-0.3, -0.25) is 0 Å². The van der Waals surface area contributed by atoms with Crippen LogP contribution >= 0.6 is 0 Å². The van der Waals surface area contributed by atoms with Crippen molar-refractivity contribution in [1.82, 2.24) is 0 Å². The minimum Gasteiger partial charge on any atom is -3.00 e. The van der Waals surface area contributed by atoms with Crippen molar-refractivity contribution in [3.05, 3.63) is 0 Å². The van der Waals surface area contributed by atoms with Crippen molar-refractivity contribution >= 4 is 2550 Å². The van der Waals surface area contributed by atoms with Gasteiger partial charge in [-0.15, -0.1) is 0 Å². The van der Waals surface area contributed by atoms with Crippen LogP contribution in [0.25, 0.3) is 0 Å². The molecule has 0 nitrogen and oxygen atoms in total. The maximum atomic E-state index is 0. The van der Waals surface area contributed by atoms with Crippen molar-refractivity contribution < 1.29 is 0 Å². The first-order valence-corrected chi connectivity index (χ1v) is 0. The van der Waals surface area contributed by atoms with Crippen molar-refractivity contribution in [2.45, 2.75) is 0 Å². The van der Waals surface area contributed by atoms with Gasteiger partial charge in [-0.25, -0.2) is 0 Å². The van der Waals surface area contributed by atoms with Crippen LogP contribution in [0.3, 0.4) is 0 Å². The average Bonchev–Trinajstić information content (AvgIpc) is 0. The second kappa shape index (κ2) is 1680. The van der Waals surface area contributed by atoms with E-state index in [4.69, 9.17) is 0 Å². The van der Waals surface area contributed by atoms with Crippen LogP contribution in [0, 0.1) is 0 Å². The monoisotopic (exact) mass is 10600 g/mol. The summed E-state index contributed by atoms with van der Waals surface area (Å²) in [6.07, 6.45) is 0. The van der Waals surface area contributed by atoms with Crippen LogP contribution in [0.15, 0.2) is 0 Å². The molecule has 0 N–H and O–H groups in total. The number of hydrogen-bond acceptors (Lipinski definition) is 0. The van der Waals surface area contributed by atoms with Gasteiger partial charge in [0.15, 0.2) is 0 Å². The molecule has 0 aliphatic rings. The van der Waals surface area contributed by atoms with Crippen molar-refractivity contribution in [1.29, 1.82) is 0 Å². The van der Waals surface area contributed by atoms with Gasteiger partial charge in [-0.1, -0.05) is 0 Å². The topological polar surface area (TPSA) is 0 Å². The van der Waals surface area contributed by atoms with E-state index in [9.17, 15) is 0 Å². The van der Waals surface area contributed by atoms with Gasteiger partial charge in [0.05, 0.1) is 0 Å². The van der Waals surface area contributed by atoms with Crippen LogP contribution in [0.2, 0.25) is 0 Å². The maximum Gasteiger partial charge on any atom is 3.00 e.